The van der Waals surface area contributed by atoms with Gasteiger partial charge in [0.2, 0.25) is 0 Å². The maximum absolute atomic E-state index is 13.1. The molecule has 0 aliphatic carbocycles. The van der Waals surface area contributed by atoms with Gasteiger partial charge in [-0.3, -0.25) is 4.57 Å². The lowest BCUT2D eigenvalue weighted by Crippen LogP contribution is -2.04. The summed E-state index contributed by atoms with van der Waals surface area (Å²) in [6, 6.07) is 7.43. The quantitative estimate of drug-likeness (QED) is 0.328. The van der Waals surface area contributed by atoms with Crippen LogP contribution in [0.25, 0.3) is 6.08 Å². The third kappa shape index (κ3) is 6.05. The van der Waals surface area contributed by atoms with Crippen LogP contribution in [0.2, 0.25) is 0 Å². The Bertz CT molecular complexity index is 574. The molecule has 0 saturated heterocycles. The van der Waals surface area contributed by atoms with E-state index in [0.29, 0.717) is 9.51 Å². The number of benzene rings is 1. The van der Waals surface area contributed by atoms with Gasteiger partial charge in [0.1, 0.15) is 5.75 Å². The van der Waals surface area contributed by atoms with Gasteiger partial charge in [0.05, 0.1) is 29.8 Å². The molecule has 0 heterocycles. The van der Waals surface area contributed by atoms with Crippen LogP contribution in [0.5, 0.6) is 5.75 Å². The van der Waals surface area contributed by atoms with Crippen molar-refractivity contribution in [3.8, 4) is 5.75 Å². The van der Waals surface area contributed by atoms with Gasteiger partial charge >= 0.3 is 7.60 Å². The van der Waals surface area contributed by atoms with Crippen LogP contribution in [-0.4, -0.2) is 30.3 Å². The van der Waals surface area contributed by atoms with E-state index in [4.69, 9.17) is 26.0 Å². The molecule has 0 bridgehead atoms. The molecule has 0 aliphatic heterocycles. The average Bonchev–Trinajstić information content (AvgIpc) is 2.53. The zero-order valence-corrected chi connectivity index (χ0v) is 16.4. The third-order valence-electron chi connectivity index (χ3n) is 2.80. The molecule has 0 aromatic heterocycles. The Balaban J connectivity index is 3.29. The molecule has 0 spiro atoms. The molecule has 0 fully saturated rings. The number of hydrogen-bond donors (Lipinski definition) is 0. The van der Waals surface area contributed by atoms with Gasteiger partial charge in [0, 0.05) is 0 Å². The van der Waals surface area contributed by atoms with E-state index in [1.54, 1.807) is 27.0 Å². The highest BCUT2D eigenvalue weighted by atomic mass is 32.2. The van der Waals surface area contributed by atoms with Crippen molar-refractivity contribution in [2.24, 2.45) is 0 Å². The number of rotatable bonds is 9. The topological polar surface area (TPSA) is 44.8 Å². The Labute approximate surface area is 148 Å². The smallest absolute Gasteiger partial charge is 0.363 e. The van der Waals surface area contributed by atoms with Crippen LogP contribution in [0.1, 0.15) is 26.3 Å². The fourth-order valence-corrected chi connectivity index (χ4v) is 5.14. The molecule has 1 rings (SSSR count). The van der Waals surface area contributed by atoms with Gasteiger partial charge in [0.15, 0.2) is 0 Å². The maximum Gasteiger partial charge on any atom is 0.363 e. The van der Waals surface area contributed by atoms with Crippen molar-refractivity contribution in [1.82, 2.24) is 0 Å². The SMILES string of the molecule is CCOP(=O)(OCC)/C(=C/c1ccc(OC)cc1)C(=S)SCC. The van der Waals surface area contributed by atoms with Crippen molar-refractivity contribution in [1.29, 1.82) is 0 Å². The first-order chi connectivity index (χ1) is 11.0. The highest BCUT2D eigenvalue weighted by molar-refractivity contribution is 8.24. The molecule has 128 valence electrons. The molecular formula is C16H23O4PS2. The molecule has 0 N–H and O–H groups in total. The van der Waals surface area contributed by atoms with Crippen LogP contribution in [0.15, 0.2) is 29.6 Å². The van der Waals surface area contributed by atoms with Crippen molar-refractivity contribution in [3.63, 3.8) is 0 Å². The van der Waals surface area contributed by atoms with Gasteiger partial charge in [-0.15, -0.1) is 11.8 Å². The van der Waals surface area contributed by atoms with Gasteiger partial charge < -0.3 is 13.8 Å². The Morgan fingerprint density at radius 2 is 1.74 bits per heavy atom. The second kappa shape index (κ2) is 10.3. The second-order valence-electron chi connectivity index (χ2n) is 4.36. The van der Waals surface area contributed by atoms with Crippen LogP contribution < -0.4 is 4.74 Å². The van der Waals surface area contributed by atoms with Gasteiger partial charge in [-0.2, -0.15) is 0 Å². The van der Waals surface area contributed by atoms with Crippen LogP contribution >= 0.6 is 31.6 Å². The standard InChI is InChI=1S/C16H23O4PS2/c1-5-19-21(17,20-6-2)15(16(22)23-7-3)12-13-8-10-14(18-4)11-9-13/h8-12H,5-7H2,1-4H3/b15-12+. The number of thioether (sulfide) groups is 1. The summed E-state index contributed by atoms with van der Waals surface area (Å²) in [5.74, 6) is 1.55. The lowest BCUT2D eigenvalue weighted by molar-refractivity contribution is 0.228. The summed E-state index contributed by atoms with van der Waals surface area (Å²) in [5, 5.41) is 0.438. The molecule has 23 heavy (non-hydrogen) atoms. The van der Waals surface area contributed by atoms with E-state index in [2.05, 4.69) is 0 Å². The van der Waals surface area contributed by atoms with E-state index in [9.17, 15) is 4.57 Å². The third-order valence-corrected chi connectivity index (χ3v) is 6.58. The number of ether oxygens (including phenoxy) is 1. The number of thiocarbonyl (C=S) groups is 1. The fraction of sp³-hybridized carbons (Fsp3) is 0.438. The molecule has 0 amide bonds. The highest BCUT2D eigenvalue weighted by Gasteiger charge is 2.32. The fourth-order valence-electron chi connectivity index (χ4n) is 1.83. The lowest BCUT2D eigenvalue weighted by atomic mass is 10.2. The van der Waals surface area contributed by atoms with Crippen molar-refractivity contribution >= 4 is 41.8 Å². The number of hydrogen-bond acceptors (Lipinski definition) is 6. The number of methoxy groups -OCH3 is 1. The van der Waals surface area contributed by atoms with E-state index in [1.165, 1.54) is 11.8 Å². The van der Waals surface area contributed by atoms with Crippen molar-refractivity contribution in [2.75, 3.05) is 26.1 Å². The molecule has 0 atom stereocenters. The Morgan fingerprint density at radius 3 is 2.17 bits per heavy atom. The minimum absolute atomic E-state index is 0.288. The Hall–Kier alpha value is -0.650. The van der Waals surface area contributed by atoms with Gasteiger partial charge in [-0.05, 0) is 43.4 Å². The van der Waals surface area contributed by atoms with Crippen molar-refractivity contribution in [3.05, 3.63) is 35.1 Å². The monoisotopic (exact) mass is 374 g/mol. The summed E-state index contributed by atoms with van der Waals surface area (Å²) in [7, 11) is -1.82. The molecule has 4 nitrogen and oxygen atoms in total. The first-order valence-electron chi connectivity index (χ1n) is 7.43. The normalized spacial score (nSPS) is 12.3. The van der Waals surface area contributed by atoms with Gasteiger partial charge in [-0.1, -0.05) is 31.3 Å². The van der Waals surface area contributed by atoms with E-state index in [0.717, 1.165) is 17.1 Å². The largest absolute Gasteiger partial charge is 0.497 e. The average molecular weight is 374 g/mol. The van der Waals surface area contributed by atoms with E-state index < -0.39 is 7.60 Å². The molecule has 0 saturated carbocycles. The first kappa shape index (κ1) is 20.4. The van der Waals surface area contributed by atoms with Crippen LogP contribution in [-0.2, 0) is 13.6 Å². The Kier molecular flexibility index (Phi) is 9.10. The van der Waals surface area contributed by atoms with Gasteiger partial charge in [0.25, 0.3) is 0 Å². The Morgan fingerprint density at radius 1 is 1.17 bits per heavy atom. The first-order valence-corrected chi connectivity index (χ1v) is 10.4. The summed E-state index contributed by atoms with van der Waals surface area (Å²) in [4.78, 5) is 0. The van der Waals surface area contributed by atoms with Gasteiger partial charge in [-0.25, -0.2) is 0 Å². The molecule has 0 aliphatic rings. The molecular weight excluding hydrogens is 351 g/mol. The highest BCUT2D eigenvalue weighted by Crippen LogP contribution is 2.58. The zero-order valence-electron chi connectivity index (χ0n) is 13.9. The summed E-state index contributed by atoms with van der Waals surface area (Å²) in [5.41, 5.74) is 0.861. The van der Waals surface area contributed by atoms with Crippen molar-refractivity contribution in [2.45, 2.75) is 20.8 Å². The molecule has 0 unspecified atom stereocenters. The minimum atomic E-state index is -3.43. The van der Waals surface area contributed by atoms with E-state index >= 15 is 0 Å². The van der Waals surface area contributed by atoms with Crippen LogP contribution in [0, 0.1) is 0 Å². The summed E-state index contributed by atoms with van der Waals surface area (Å²) >= 11 is 6.89. The maximum atomic E-state index is 13.1. The summed E-state index contributed by atoms with van der Waals surface area (Å²) in [6.45, 7) is 6.14. The van der Waals surface area contributed by atoms with Crippen LogP contribution in [0.3, 0.4) is 0 Å². The molecule has 0 radical (unpaired) electrons. The zero-order chi connectivity index (χ0) is 17.3. The molecule has 7 heteroatoms. The lowest BCUT2D eigenvalue weighted by Gasteiger charge is -2.20. The van der Waals surface area contributed by atoms with E-state index in [1.807, 2.05) is 31.2 Å². The molecule has 1 aromatic carbocycles. The summed E-state index contributed by atoms with van der Waals surface area (Å²) in [6.07, 6.45) is 1.77. The van der Waals surface area contributed by atoms with Crippen LogP contribution in [0.4, 0.5) is 0 Å². The summed E-state index contributed by atoms with van der Waals surface area (Å²) < 4.78 is 29.7. The predicted octanol–water partition coefficient (Wildman–Crippen LogP) is 5.38. The van der Waals surface area contributed by atoms with Crippen molar-refractivity contribution < 1.29 is 18.3 Å². The minimum Gasteiger partial charge on any atom is -0.497 e. The molecule has 1 aromatic rings. The predicted molar refractivity (Wildman–Crippen MR) is 103 cm³/mol. The second-order valence-corrected chi connectivity index (χ2v) is 8.29. The van der Waals surface area contributed by atoms with E-state index in [-0.39, 0.29) is 13.2 Å².